The molecule has 0 saturated carbocycles. The molecule has 27 heavy (non-hydrogen) atoms. The lowest BCUT2D eigenvalue weighted by molar-refractivity contribution is -0.144. The van der Waals surface area contributed by atoms with E-state index in [1.807, 2.05) is 43.5 Å². The van der Waals surface area contributed by atoms with Gasteiger partial charge in [0.15, 0.2) is 0 Å². The molecule has 1 saturated heterocycles. The second-order valence-electron chi connectivity index (χ2n) is 6.98. The summed E-state index contributed by atoms with van der Waals surface area (Å²) >= 11 is 0. The molecule has 2 aromatic rings. The van der Waals surface area contributed by atoms with Crippen molar-refractivity contribution in [1.82, 2.24) is 9.88 Å². The Morgan fingerprint density at radius 3 is 2.93 bits per heavy atom. The van der Waals surface area contributed by atoms with Gasteiger partial charge in [-0.05, 0) is 57.4 Å². The summed E-state index contributed by atoms with van der Waals surface area (Å²) in [5, 5.41) is 0. The van der Waals surface area contributed by atoms with Crippen LogP contribution in [-0.2, 0) is 9.53 Å². The Labute approximate surface area is 161 Å². The van der Waals surface area contributed by atoms with Crippen molar-refractivity contribution in [3.63, 3.8) is 0 Å². The molecule has 1 aliphatic rings. The summed E-state index contributed by atoms with van der Waals surface area (Å²) in [7, 11) is 0. The molecule has 0 spiro atoms. The largest absolute Gasteiger partial charge is 0.493 e. The summed E-state index contributed by atoms with van der Waals surface area (Å²) in [5.74, 6) is 1.36. The average molecular weight is 368 g/mol. The van der Waals surface area contributed by atoms with E-state index in [4.69, 9.17) is 9.47 Å². The van der Waals surface area contributed by atoms with Crippen LogP contribution in [0.15, 0.2) is 42.6 Å². The minimum Gasteiger partial charge on any atom is -0.493 e. The summed E-state index contributed by atoms with van der Waals surface area (Å²) in [5.41, 5.74) is 3.19. The number of ether oxygens (including phenoxy) is 2. The Kier molecular flexibility index (Phi) is 6.82. The van der Waals surface area contributed by atoms with E-state index >= 15 is 0 Å². The minimum atomic E-state index is -0.128. The number of pyridine rings is 1. The highest BCUT2D eigenvalue weighted by molar-refractivity contribution is 5.71. The van der Waals surface area contributed by atoms with E-state index in [0.717, 1.165) is 48.5 Å². The van der Waals surface area contributed by atoms with Gasteiger partial charge in [-0.3, -0.25) is 14.7 Å². The predicted molar refractivity (Wildman–Crippen MR) is 106 cm³/mol. The molecule has 2 heterocycles. The zero-order valence-electron chi connectivity index (χ0n) is 16.2. The van der Waals surface area contributed by atoms with Gasteiger partial charge in [0.1, 0.15) is 5.75 Å². The SMILES string of the molecule is CCOC(=O)CN1CC[C@H](CCOc2cccc(-c3ccccn3)c2C)C1. The number of nitrogens with zero attached hydrogens (tertiary/aromatic N) is 2. The minimum absolute atomic E-state index is 0.128. The summed E-state index contributed by atoms with van der Waals surface area (Å²) in [6.45, 7) is 7.34. The molecule has 1 aliphatic heterocycles. The number of hydrogen-bond donors (Lipinski definition) is 0. The fraction of sp³-hybridized carbons (Fsp3) is 0.455. The van der Waals surface area contributed by atoms with Gasteiger partial charge in [-0.1, -0.05) is 18.2 Å². The molecule has 1 fully saturated rings. The van der Waals surface area contributed by atoms with Crippen molar-refractivity contribution in [2.75, 3.05) is 32.8 Å². The second-order valence-corrected chi connectivity index (χ2v) is 6.98. The van der Waals surface area contributed by atoms with E-state index < -0.39 is 0 Å². The van der Waals surface area contributed by atoms with Crippen molar-refractivity contribution in [2.24, 2.45) is 5.92 Å². The number of benzene rings is 1. The van der Waals surface area contributed by atoms with Gasteiger partial charge in [-0.25, -0.2) is 0 Å². The number of aromatic nitrogens is 1. The van der Waals surface area contributed by atoms with Crippen molar-refractivity contribution in [2.45, 2.75) is 26.7 Å². The third-order valence-electron chi connectivity index (χ3n) is 5.04. The molecule has 5 heteroatoms. The maximum Gasteiger partial charge on any atom is 0.320 e. The van der Waals surface area contributed by atoms with Gasteiger partial charge in [0.05, 0.1) is 25.5 Å². The number of likely N-dealkylation sites (tertiary alicyclic amines) is 1. The summed E-state index contributed by atoms with van der Waals surface area (Å²) < 4.78 is 11.1. The van der Waals surface area contributed by atoms with E-state index in [-0.39, 0.29) is 5.97 Å². The quantitative estimate of drug-likeness (QED) is 0.665. The number of rotatable bonds is 8. The lowest BCUT2D eigenvalue weighted by atomic mass is 10.0. The molecule has 0 bridgehead atoms. The van der Waals surface area contributed by atoms with Crippen molar-refractivity contribution >= 4 is 5.97 Å². The Bertz CT molecular complexity index is 748. The van der Waals surface area contributed by atoms with Crippen LogP contribution in [-0.4, -0.2) is 48.7 Å². The summed E-state index contributed by atoms with van der Waals surface area (Å²) in [4.78, 5) is 18.2. The van der Waals surface area contributed by atoms with Crippen LogP contribution in [0.3, 0.4) is 0 Å². The summed E-state index contributed by atoms with van der Waals surface area (Å²) in [6.07, 6.45) is 3.91. The molecule has 0 N–H and O–H groups in total. The van der Waals surface area contributed by atoms with Gasteiger partial charge in [-0.15, -0.1) is 0 Å². The smallest absolute Gasteiger partial charge is 0.320 e. The zero-order valence-corrected chi connectivity index (χ0v) is 16.2. The van der Waals surface area contributed by atoms with Gasteiger partial charge < -0.3 is 9.47 Å². The molecule has 144 valence electrons. The first kappa shape index (κ1) is 19.4. The Balaban J connectivity index is 1.49. The van der Waals surface area contributed by atoms with Crippen molar-refractivity contribution in [3.05, 3.63) is 48.2 Å². The maximum atomic E-state index is 11.6. The fourth-order valence-corrected chi connectivity index (χ4v) is 3.59. The van der Waals surface area contributed by atoms with Crippen LogP contribution in [0.1, 0.15) is 25.3 Å². The molecule has 0 radical (unpaired) electrons. The Hall–Kier alpha value is -2.40. The second kappa shape index (κ2) is 9.51. The molecule has 1 aromatic carbocycles. The van der Waals surface area contributed by atoms with Gasteiger partial charge in [0, 0.05) is 23.9 Å². The first-order chi connectivity index (χ1) is 13.2. The molecule has 0 aliphatic carbocycles. The van der Waals surface area contributed by atoms with Crippen LogP contribution in [0.2, 0.25) is 0 Å². The normalized spacial score (nSPS) is 17.0. The number of carbonyl (C=O) groups is 1. The van der Waals surface area contributed by atoms with E-state index in [1.54, 1.807) is 0 Å². The van der Waals surface area contributed by atoms with Crippen molar-refractivity contribution < 1.29 is 14.3 Å². The maximum absolute atomic E-state index is 11.6. The zero-order chi connectivity index (χ0) is 19.1. The first-order valence-corrected chi connectivity index (χ1v) is 9.69. The average Bonchev–Trinajstić information content (AvgIpc) is 3.11. The Morgan fingerprint density at radius 1 is 1.26 bits per heavy atom. The first-order valence-electron chi connectivity index (χ1n) is 9.69. The Morgan fingerprint density at radius 2 is 2.15 bits per heavy atom. The van der Waals surface area contributed by atoms with Gasteiger partial charge in [0.25, 0.3) is 0 Å². The molecule has 5 nitrogen and oxygen atoms in total. The predicted octanol–water partition coefficient (Wildman–Crippen LogP) is 3.71. The van der Waals surface area contributed by atoms with Crippen LogP contribution >= 0.6 is 0 Å². The van der Waals surface area contributed by atoms with E-state index in [0.29, 0.717) is 25.7 Å². The third kappa shape index (κ3) is 5.30. The van der Waals surface area contributed by atoms with Gasteiger partial charge in [0.2, 0.25) is 0 Å². The van der Waals surface area contributed by atoms with Crippen LogP contribution in [0.5, 0.6) is 5.75 Å². The van der Waals surface area contributed by atoms with Gasteiger partial charge >= 0.3 is 5.97 Å². The fourth-order valence-electron chi connectivity index (χ4n) is 3.59. The highest BCUT2D eigenvalue weighted by Crippen LogP contribution is 2.29. The molecule has 1 aromatic heterocycles. The van der Waals surface area contributed by atoms with Crippen LogP contribution in [0, 0.1) is 12.8 Å². The lowest BCUT2D eigenvalue weighted by Crippen LogP contribution is -2.29. The van der Waals surface area contributed by atoms with E-state index in [9.17, 15) is 4.79 Å². The van der Waals surface area contributed by atoms with Crippen molar-refractivity contribution in [1.29, 1.82) is 0 Å². The topological polar surface area (TPSA) is 51.7 Å². The molecule has 1 atom stereocenters. The van der Waals surface area contributed by atoms with Crippen LogP contribution < -0.4 is 4.74 Å². The molecule has 0 unspecified atom stereocenters. The van der Waals surface area contributed by atoms with E-state index in [1.165, 1.54) is 0 Å². The number of hydrogen-bond acceptors (Lipinski definition) is 5. The number of esters is 1. The highest BCUT2D eigenvalue weighted by atomic mass is 16.5. The molecular formula is C22H28N2O3. The lowest BCUT2D eigenvalue weighted by Gasteiger charge is -2.16. The highest BCUT2D eigenvalue weighted by Gasteiger charge is 2.24. The molecule has 0 amide bonds. The monoisotopic (exact) mass is 368 g/mol. The summed E-state index contributed by atoms with van der Waals surface area (Å²) in [6, 6.07) is 12.0. The van der Waals surface area contributed by atoms with Crippen molar-refractivity contribution in [3.8, 4) is 17.0 Å². The third-order valence-corrected chi connectivity index (χ3v) is 5.04. The number of carbonyl (C=O) groups excluding carboxylic acids is 1. The molecular weight excluding hydrogens is 340 g/mol. The molecule has 3 rings (SSSR count). The van der Waals surface area contributed by atoms with Crippen LogP contribution in [0.25, 0.3) is 11.3 Å². The van der Waals surface area contributed by atoms with Crippen LogP contribution in [0.4, 0.5) is 0 Å². The van der Waals surface area contributed by atoms with E-state index in [2.05, 4.69) is 22.9 Å². The standard InChI is InChI=1S/C22H28N2O3/c1-3-26-22(25)16-24-13-10-18(15-24)11-14-27-21-9-6-7-19(17(21)2)20-8-4-5-12-23-20/h4-9,12,18H,3,10-11,13-16H2,1-2H3/t18-/m1/s1. The van der Waals surface area contributed by atoms with Gasteiger partial charge in [-0.2, -0.15) is 0 Å².